The van der Waals surface area contributed by atoms with E-state index in [-0.39, 0.29) is 0 Å². The molecular weight excluding hydrogens is 220 g/mol. The molecule has 4 heteroatoms. The van der Waals surface area contributed by atoms with Crippen molar-refractivity contribution in [1.29, 1.82) is 0 Å². The Kier molecular flexibility index (Phi) is 2.90. The van der Waals surface area contributed by atoms with Crippen LogP contribution >= 0.6 is 0 Å². The highest BCUT2D eigenvalue weighted by Crippen LogP contribution is 2.39. The largest absolute Gasteiger partial charge is 0.456 e. The number of carbonyl (C=O) groups is 1. The number of carbonyl (C=O) groups excluding carboxylic acids is 1. The first-order valence-electron chi connectivity index (χ1n) is 5.29. The molecule has 1 aromatic rings. The molecule has 1 heterocycles. The lowest BCUT2D eigenvalue weighted by atomic mass is 10.3. The van der Waals surface area contributed by atoms with Gasteiger partial charge in [-0.25, -0.2) is 4.79 Å². The van der Waals surface area contributed by atoms with Gasteiger partial charge in [0.2, 0.25) is 0 Å². The van der Waals surface area contributed by atoms with Crippen LogP contribution in [0.4, 0.5) is 0 Å². The van der Waals surface area contributed by atoms with E-state index in [4.69, 9.17) is 14.2 Å². The second kappa shape index (κ2) is 4.22. The van der Waals surface area contributed by atoms with Crippen LogP contribution in [0.5, 0.6) is 5.75 Å². The zero-order valence-electron chi connectivity index (χ0n) is 9.80. The molecule has 2 atom stereocenters. The van der Waals surface area contributed by atoms with Crippen molar-refractivity contribution in [3.05, 3.63) is 42.5 Å². The Morgan fingerprint density at radius 2 is 2.06 bits per heavy atom. The molecule has 0 spiro atoms. The van der Waals surface area contributed by atoms with Gasteiger partial charge in [-0.15, -0.1) is 0 Å². The fourth-order valence-electron chi connectivity index (χ4n) is 1.30. The minimum atomic E-state index is -0.896. The number of epoxide rings is 1. The summed E-state index contributed by atoms with van der Waals surface area (Å²) in [6, 6.07) is 9.22. The molecule has 0 saturated carbocycles. The highest BCUT2D eigenvalue weighted by atomic mass is 16.9. The number of benzene rings is 1. The fourth-order valence-corrected chi connectivity index (χ4v) is 1.30. The van der Waals surface area contributed by atoms with Crippen molar-refractivity contribution in [2.75, 3.05) is 0 Å². The van der Waals surface area contributed by atoms with Crippen molar-refractivity contribution in [3.8, 4) is 5.75 Å². The molecule has 1 fully saturated rings. The van der Waals surface area contributed by atoms with Gasteiger partial charge < -0.3 is 9.47 Å². The van der Waals surface area contributed by atoms with E-state index in [0.29, 0.717) is 11.3 Å². The number of rotatable bonds is 4. The van der Waals surface area contributed by atoms with Gasteiger partial charge in [0.05, 0.1) is 0 Å². The second-order valence-electron chi connectivity index (χ2n) is 4.07. The maximum atomic E-state index is 11.3. The molecule has 4 nitrogen and oxygen atoms in total. The average Bonchev–Trinajstić information content (AvgIpc) is 2.89. The highest BCUT2D eigenvalue weighted by Gasteiger charge is 2.59. The standard InChI is InChI=1S/C13H14O4/c1-9(2)11(14)15-12-13(3,17-12)16-10-7-5-4-6-8-10/h4-8,12H,1H2,2-3H3. The maximum Gasteiger partial charge on any atom is 0.335 e. The van der Waals surface area contributed by atoms with Crippen molar-refractivity contribution in [1.82, 2.24) is 0 Å². The van der Waals surface area contributed by atoms with E-state index in [0.717, 1.165) is 0 Å². The molecule has 90 valence electrons. The first-order valence-corrected chi connectivity index (χ1v) is 5.29. The van der Waals surface area contributed by atoms with Gasteiger partial charge in [-0.05, 0) is 19.1 Å². The maximum absolute atomic E-state index is 11.3. The van der Waals surface area contributed by atoms with Gasteiger partial charge in [0.25, 0.3) is 12.1 Å². The van der Waals surface area contributed by atoms with E-state index in [9.17, 15) is 4.79 Å². The first kappa shape index (κ1) is 11.7. The molecule has 0 aliphatic carbocycles. The van der Waals surface area contributed by atoms with Crippen LogP contribution in [0, 0.1) is 0 Å². The van der Waals surface area contributed by atoms with Crippen LogP contribution in [-0.4, -0.2) is 18.0 Å². The van der Waals surface area contributed by atoms with Crippen molar-refractivity contribution >= 4 is 5.97 Å². The van der Waals surface area contributed by atoms with Gasteiger partial charge in [0.15, 0.2) is 0 Å². The summed E-state index contributed by atoms with van der Waals surface area (Å²) in [7, 11) is 0. The number of ether oxygens (including phenoxy) is 3. The molecule has 2 unspecified atom stereocenters. The molecule has 0 bridgehead atoms. The summed E-state index contributed by atoms with van der Waals surface area (Å²) in [5.41, 5.74) is 0.336. The lowest BCUT2D eigenvalue weighted by Gasteiger charge is -2.10. The van der Waals surface area contributed by atoms with Gasteiger partial charge in [0, 0.05) is 12.5 Å². The molecule has 1 aliphatic heterocycles. The zero-order chi connectivity index (χ0) is 12.5. The molecule has 0 aromatic heterocycles. The monoisotopic (exact) mass is 234 g/mol. The van der Waals surface area contributed by atoms with Crippen LogP contribution in [0.3, 0.4) is 0 Å². The predicted octanol–water partition coefficient (Wildman–Crippen LogP) is 2.26. The molecule has 0 radical (unpaired) electrons. The van der Waals surface area contributed by atoms with Crippen molar-refractivity contribution in [3.63, 3.8) is 0 Å². The normalized spacial score (nSPS) is 26.1. The third-order valence-corrected chi connectivity index (χ3v) is 2.34. The van der Waals surface area contributed by atoms with E-state index in [1.54, 1.807) is 13.8 Å². The van der Waals surface area contributed by atoms with Crippen molar-refractivity contribution in [2.45, 2.75) is 25.9 Å². The average molecular weight is 234 g/mol. The molecule has 1 aliphatic rings. The molecule has 1 aromatic carbocycles. The van der Waals surface area contributed by atoms with Gasteiger partial charge in [-0.2, -0.15) is 0 Å². The van der Waals surface area contributed by atoms with Gasteiger partial charge in [-0.3, -0.25) is 4.74 Å². The summed E-state index contributed by atoms with van der Waals surface area (Å²) < 4.78 is 15.8. The van der Waals surface area contributed by atoms with Gasteiger partial charge >= 0.3 is 5.97 Å². The van der Waals surface area contributed by atoms with Crippen LogP contribution in [0.1, 0.15) is 13.8 Å². The Hall–Kier alpha value is -1.81. The van der Waals surface area contributed by atoms with Crippen LogP contribution in [0.15, 0.2) is 42.5 Å². The lowest BCUT2D eigenvalue weighted by Crippen LogP contribution is -2.22. The van der Waals surface area contributed by atoms with E-state index < -0.39 is 18.0 Å². The second-order valence-corrected chi connectivity index (χ2v) is 4.07. The molecule has 0 amide bonds. The van der Waals surface area contributed by atoms with Crippen LogP contribution < -0.4 is 4.74 Å². The lowest BCUT2D eigenvalue weighted by molar-refractivity contribution is -0.144. The number of hydrogen-bond donors (Lipinski definition) is 0. The first-order chi connectivity index (χ1) is 8.01. The number of para-hydroxylation sites is 1. The van der Waals surface area contributed by atoms with Crippen LogP contribution in [-0.2, 0) is 14.3 Å². The summed E-state index contributed by atoms with van der Waals surface area (Å²) in [6.07, 6.45) is -0.674. The summed E-state index contributed by atoms with van der Waals surface area (Å²) in [5.74, 6) is -0.703. The summed E-state index contributed by atoms with van der Waals surface area (Å²) in [6.45, 7) is 6.80. The molecule has 1 saturated heterocycles. The molecular formula is C13H14O4. The SMILES string of the molecule is C=C(C)C(=O)OC1OC1(C)Oc1ccccc1. The van der Waals surface area contributed by atoms with Crippen LogP contribution in [0.25, 0.3) is 0 Å². The predicted molar refractivity (Wildman–Crippen MR) is 61.3 cm³/mol. The third-order valence-electron chi connectivity index (χ3n) is 2.34. The zero-order valence-corrected chi connectivity index (χ0v) is 9.80. The number of esters is 1. The van der Waals surface area contributed by atoms with Gasteiger partial charge in [0.1, 0.15) is 5.75 Å². The summed E-state index contributed by atoms with van der Waals surface area (Å²) in [4.78, 5) is 11.3. The molecule has 0 N–H and O–H groups in total. The smallest absolute Gasteiger partial charge is 0.335 e. The van der Waals surface area contributed by atoms with E-state index >= 15 is 0 Å². The van der Waals surface area contributed by atoms with E-state index in [1.807, 2.05) is 30.3 Å². The van der Waals surface area contributed by atoms with Crippen LogP contribution in [0.2, 0.25) is 0 Å². The highest BCUT2D eigenvalue weighted by molar-refractivity contribution is 5.87. The topological polar surface area (TPSA) is 48.1 Å². The summed E-state index contributed by atoms with van der Waals surface area (Å²) in [5, 5.41) is 0. The minimum absolute atomic E-state index is 0.336. The Balaban J connectivity index is 1.92. The molecule has 2 rings (SSSR count). The van der Waals surface area contributed by atoms with Crippen molar-refractivity contribution < 1.29 is 19.0 Å². The third kappa shape index (κ3) is 2.65. The summed E-state index contributed by atoms with van der Waals surface area (Å²) >= 11 is 0. The number of hydrogen-bond acceptors (Lipinski definition) is 4. The van der Waals surface area contributed by atoms with Crippen molar-refractivity contribution in [2.24, 2.45) is 0 Å². The quantitative estimate of drug-likeness (QED) is 0.455. The Labute approximate surface area is 99.8 Å². The van der Waals surface area contributed by atoms with E-state index in [1.165, 1.54) is 0 Å². The Morgan fingerprint density at radius 3 is 2.65 bits per heavy atom. The Bertz CT molecular complexity index is 440. The molecule has 17 heavy (non-hydrogen) atoms. The Morgan fingerprint density at radius 1 is 1.41 bits per heavy atom. The van der Waals surface area contributed by atoms with Gasteiger partial charge in [-0.1, -0.05) is 24.8 Å². The minimum Gasteiger partial charge on any atom is -0.456 e. The van der Waals surface area contributed by atoms with E-state index in [2.05, 4.69) is 6.58 Å². The fraction of sp³-hybridized carbons (Fsp3) is 0.308.